The van der Waals surface area contributed by atoms with Crippen molar-refractivity contribution in [3.63, 3.8) is 0 Å². The molecule has 2 atom stereocenters. The van der Waals surface area contributed by atoms with E-state index >= 15 is 0 Å². The Balaban J connectivity index is 2.43. The van der Waals surface area contributed by atoms with Crippen molar-refractivity contribution < 1.29 is 13.6 Å². The lowest BCUT2D eigenvalue weighted by Gasteiger charge is -2.52. The third-order valence-electron chi connectivity index (χ3n) is 5.36. The predicted octanol–water partition coefficient (Wildman–Crippen LogP) is 4.36. The van der Waals surface area contributed by atoms with Gasteiger partial charge in [-0.05, 0) is 36.9 Å². The maximum atomic E-state index is 6.20. The molecule has 0 aromatic heterocycles. The number of para-hydroxylation sites is 1. The van der Waals surface area contributed by atoms with Crippen LogP contribution in [0.5, 0.6) is 0 Å². The van der Waals surface area contributed by atoms with Gasteiger partial charge in [-0.3, -0.25) is 0 Å². The molecule has 1 aliphatic rings. The average Bonchev–Trinajstić information content (AvgIpc) is 2.63. The van der Waals surface area contributed by atoms with Gasteiger partial charge >= 0.3 is 8.56 Å². The van der Waals surface area contributed by atoms with E-state index in [0.29, 0.717) is 0 Å². The largest absolute Gasteiger partial charge is 0.396 e. The van der Waals surface area contributed by atoms with E-state index in [2.05, 4.69) is 31.0 Å². The fourth-order valence-electron chi connectivity index (χ4n) is 4.20. The number of hydrogen-bond acceptors (Lipinski definition) is 4. The highest BCUT2D eigenvalue weighted by Crippen LogP contribution is 2.44. The molecule has 0 saturated carbocycles. The summed E-state index contributed by atoms with van der Waals surface area (Å²) in [5.74, 6) is 0. The van der Waals surface area contributed by atoms with Crippen LogP contribution in [0.2, 0.25) is 6.04 Å². The van der Waals surface area contributed by atoms with Gasteiger partial charge < -0.3 is 18.9 Å². The highest BCUT2D eigenvalue weighted by molar-refractivity contribution is 6.71. The zero-order valence-electron chi connectivity index (χ0n) is 15.4. The minimum atomic E-state index is -2.49. The molecule has 0 aliphatic carbocycles. The maximum Gasteiger partial charge on any atom is 0.372 e. The highest BCUT2D eigenvalue weighted by atomic mass is 28.4. The quantitative estimate of drug-likeness (QED) is 0.708. The third-order valence-corrected chi connectivity index (χ3v) is 9.78. The number of anilines is 1. The van der Waals surface area contributed by atoms with Gasteiger partial charge in [0.15, 0.2) is 0 Å². The number of benzene rings is 1. The van der Waals surface area contributed by atoms with Crippen LogP contribution in [0.3, 0.4) is 0 Å². The van der Waals surface area contributed by atoms with Crippen LogP contribution in [0.4, 0.5) is 5.69 Å². The van der Waals surface area contributed by atoms with E-state index in [1.165, 1.54) is 0 Å². The van der Waals surface area contributed by atoms with Crippen molar-refractivity contribution >= 4 is 20.3 Å². The topological polar surface area (TPSA) is 39.7 Å². The lowest BCUT2D eigenvalue weighted by Crippen LogP contribution is -2.72. The van der Waals surface area contributed by atoms with Crippen LogP contribution >= 0.6 is 0 Å². The van der Waals surface area contributed by atoms with E-state index in [0.717, 1.165) is 43.0 Å². The summed E-state index contributed by atoms with van der Waals surface area (Å²) >= 11 is 0. The molecule has 0 spiro atoms. The van der Waals surface area contributed by atoms with E-state index in [9.17, 15) is 0 Å². The first kappa shape index (κ1) is 19.2. The summed E-state index contributed by atoms with van der Waals surface area (Å²) < 4.78 is 18.3. The lowest BCUT2D eigenvalue weighted by molar-refractivity contribution is -0.0230. The molecule has 2 unspecified atom stereocenters. The van der Waals surface area contributed by atoms with E-state index < -0.39 is 13.8 Å². The fraction of sp³-hybridized carbons (Fsp3) is 0.579. The van der Waals surface area contributed by atoms with Crippen molar-refractivity contribution in [3.05, 3.63) is 36.4 Å². The second kappa shape index (κ2) is 8.29. The summed E-state index contributed by atoms with van der Waals surface area (Å²) in [4.78, 5) is 0. The van der Waals surface area contributed by atoms with Gasteiger partial charge in [-0.15, -0.1) is 0 Å². The molecule has 1 saturated heterocycles. The normalized spacial score (nSPS) is 26.1. The first-order valence-corrected chi connectivity index (χ1v) is 10.8. The molecule has 134 valence electrons. The molecule has 5 heteroatoms. The summed E-state index contributed by atoms with van der Waals surface area (Å²) in [6.45, 7) is 6.12. The zero-order chi connectivity index (χ0) is 17.6. The van der Waals surface area contributed by atoms with Crippen molar-refractivity contribution in [3.8, 4) is 0 Å². The number of nitrogens with one attached hydrogen (secondary N) is 1. The second-order valence-electron chi connectivity index (χ2n) is 6.39. The summed E-state index contributed by atoms with van der Waals surface area (Å²) in [5.41, 5.74) is 2.19. The fourth-order valence-corrected chi connectivity index (χ4v) is 8.25. The van der Waals surface area contributed by atoms with Crippen LogP contribution in [-0.4, -0.2) is 41.2 Å². The molecule has 4 nitrogen and oxygen atoms in total. The molecule has 0 radical (unpaired) electrons. The Morgan fingerprint density at radius 1 is 1.29 bits per heavy atom. The van der Waals surface area contributed by atoms with Gasteiger partial charge in [0.2, 0.25) is 0 Å². The molecule has 1 aromatic carbocycles. The van der Waals surface area contributed by atoms with Crippen LogP contribution in [-0.2, 0) is 13.6 Å². The van der Waals surface area contributed by atoms with E-state index in [-0.39, 0.29) is 6.04 Å². The van der Waals surface area contributed by atoms with Crippen molar-refractivity contribution in [1.29, 1.82) is 0 Å². The Morgan fingerprint density at radius 2 is 2.00 bits per heavy atom. The number of hydrogen-bond donors (Lipinski definition) is 1. The maximum absolute atomic E-state index is 6.20. The molecule has 1 heterocycles. The molecular formula is C19H31NO3Si. The molecule has 1 fully saturated rings. The number of methoxy groups -OCH3 is 1. The van der Waals surface area contributed by atoms with Crippen molar-refractivity contribution in [2.75, 3.05) is 26.6 Å². The van der Waals surface area contributed by atoms with Crippen LogP contribution < -0.4 is 5.32 Å². The Hall–Kier alpha value is -1.14. The zero-order valence-corrected chi connectivity index (χ0v) is 16.4. The van der Waals surface area contributed by atoms with Crippen molar-refractivity contribution in [1.82, 2.24) is 0 Å². The summed E-state index contributed by atoms with van der Waals surface area (Å²) in [6.07, 6.45) is 5.95. The van der Waals surface area contributed by atoms with Gasteiger partial charge in [-0.1, -0.05) is 44.2 Å². The highest BCUT2D eigenvalue weighted by Gasteiger charge is 2.63. The molecule has 1 aliphatic heterocycles. The molecule has 0 bridgehead atoms. The van der Waals surface area contributed by atoms with Crippen LogP contribution in [0.15, 0.2) is 30.8 Å². The van der Waals surface area contributed by atoms with Crippen LogP contribution in [0.25, 0.3) is 6.08 Å². The smallest absolute Gasteiger partial charge is 0.372 e. The van der Waals surface area contributed by atoms with E-state index in [1.807, 2.05) is 18.2 Å². The standard InChI is InChI=1S/C19H31NO3Si/c1-6-14-19(21-3)18(13-10-15-24(19,22-4)23-5)20-17-12-9-8-11-16(17)7-2/h7-9,11-12,18,20H,2,6,10,13-15H2,1,3-5H3. The van der Waals surface area contributed by atoms with E-state index in [4.69, 9.17) is 13.6 Å². The van der Waals surface area contributed by atoms with Gasteiger partial charge in [0.1, 0.15) is 5.22 Å². The van der Waals surface area contributed by atoms with Gasteiger partial charge in [-0.2, -0.15) is 0 Å². The minimum absolute atomic E-state index is 0.156. The summed E-state index contributed by atoms with van der Waals surface area (Å²) in [6, 6.07) is 9.37. The molecule has 1 N–H and O–H groups in total. The van der Waals surface area contributed by atoms with Crippen LogP contribution in [0.1, 0.15) is 38.2 Å². The predicted molar refractivity (Wildman–Crippen MR) is 102 cm³/mol. The minimum Gasteiger partial charge on any atom is -0.396 e. The molecule has 1 aromatic rings. The Bertz CT molecular complexity index is 547. The van der Waals surface area contributed by atoms with Gasteiger partial charge in [0.05, 0.1) is 6.04 Å². The number of ether oxygens (including phenoxy) is 1. The third kappa shape index (κ3) is 3.18. The lowest BCUT2D eigenvalue weighted by atomic mass is 9.98. The Morgan fingerprint density at radius 3 is 2.58 bits per heavy atom. The second-order valence-corrected chi connectivity index (χ2v) is 10.1. The van der Waals surface area contributed by atoms with Crippen LogP contribution in [0, 0.1) is 0 Å². The van der Waals surface area contributed by atoms with Crippen molar-refractivity contribution in [2.24, 2.45) is 0 Å². The first-order valence-electron chi connectivity index (χ1n) is 8.76. The molecule has 2 rings (SSSR count). The van der Waals surface area contributed by atoms with Gasteiger partial charge in [0, 0.05) is 27.0 Å². The van der Waals surface area contributed by atoms with Crippen molar-refractivity contribution in [2.45, 2.75) is 49.9 Å². The van der Waals surface area contributed by atoms with Gasteiger partial charge in [0.25, 0.3) is 0 Å². The summed E-state index contributed by atoms with van der Waals surface area (Å²) in [7, 11) is 2.87. The average molecular weight is 350 g/mol. The number of rotatable bonds is 8. The molecule has 0 amide bonds. The molecule has 24 heavy (non-hydrogen) atoms. The Kier molecular flexibility index (Phi) is 6.63. The SMILES string of the molecule is C=Cc1ccccc1NC1CCC[Si](OC)(OC)C1(CCC)OC. The Labute approximate surface area is 147 Å². The first-order chi connectivity index (χ1) is 11.6. The van der Waals surface area contributed by atoms with E-state index in [1.54, 1.807) is 21.3 Å². The monoisotopic (exact) mass is 349 g/mol. The van der Waals surface area contributed by atoms with Gasteiger partial charge in [-0.25, -0.2) is 0 Å². The summed E-state index contributed by atoms with van der Waals surface area (Å²) in [5, 5.41) is 3.32. The molecular weight excluding hydrogens is 318 g/mol.